The van der Waals surface area contributed by atoms with Crippen LogP contribution < -0.4 is 0 Å². The Hall–Kier alpha value is 2.66. The van der Waals surface area contributed by atoms with Crippen molar-refractivity contribution in [3.8, 4) is 0 Å². The molecule has 0 atom stereocenters. The summed E-state index contributed by atoms with van der Waals surface area (Å²) >= 11 is 0.333. The largest absolute Gasteiger partial charge is 0 e. The van der Waals surface area contributed by atoms with E-state index in [2.05, 4.69) is 0 Å². The third kappa shape index (κ3) is 8.82. The van der Waals surface area contributed by atoms with Gasteiger partial charge >= 0.3 is 49.4 Å². The molecular weight excluding hydrogens is 568 g/mol. The summed E-state index contributed by atoms with van der Waals surface area (Å²) in [6, 6.07) is 0. The zero-order chi connectivity index (χ0) is 2.00. The molecule has 0 amide bonds. The summed E-state index contributed by atoms with van der Waals surface area (Å²) in [4.78, 5) is 0. The average Bonchev–Trinajstić information content (AvgIpc) is 1.00. The Morgan fingerprint density at radius 1 is 1.25 bits per heavy atom. The first-order valence-electron chi connectivity index (χ1n) is 0.167. The van der Waals surface area contributed by atoms with E-state index in [1.807, 2.05) is 0 Å². The van der Waals surface area contributed by atoms with E-state index in [1.165, 1.54) is 0 Å². The minimum absolute atomic E-state index is 0. The van der Waals surface area contributed by atoms with Crippen LogP contribution in [0.2, 0.25) is 0 Å². The Balaban J connectivity index is -0.00000000500. The summed E-state index contributed by atoms with van der Waals surface area (Å²) in [5, 5.41) is 0. The van der Waals surface area contributed by atoms with Gasteiger partial charge in [0.25, 0.3) is 0 Å². The van der Waals surface area contributed by atoms with Gasteiger partial charge in [-0.25, -0.2) is 0 Å². The minimum atomic E-state index is 0. The fourth-order valence-corrected chi connectivity index (χ4v) is 0. The van der Waals surface area contributed by atoms with Crippen molar-refractivity contribution in [2.45, 2.75) is 0 Å². The molecule has 29 valence electrons. The predicted molar refractivity (Wildman–Crippen MR) is 10.6 cm³/mol. The van der Waals surface area contributed by atoms with Crippen molar-refractivity contribution in [1.29, 1.82) is 0 Å². The maximum atomic E-state index is 8.33. The monoisotopic (exact) mass is 571 g/mol. The van der Waals surface area contributed by atoms with Crippen molar-refractivity contribution in [3.05, 3.63) is 0 Å². The molecular formula is H3BiOTbW. The van der Waals surface area contributed by atoms with E-state index in [0.29, 0.717) is 19.8 Å². The van der Waals surface area contributed by atoms with Crippen LogP contribution in [0.25, 0.3) is 0 Å². The van der Waals surface area contributed by atoms with Gasteiger partial charge in [-0.1, -0.05) is 0 Å². The maximum Gasteiger partial charge on any atom is 0 e. The van der Waals surface area contributed by atoms with Crippen molar-refractivity contribution in [2.75, 3.05) is 0 Å². The summed E-state index contributed by atoms with van der Waals surface area (Å²) in [5.41, 5.74) is 0. The van der Waals surface area contributed by atoms with Crippen LogP contribution in [0.5, 0.6) is 0 Å². The molecule has 0 saturated carbocycles. The molecule has 0 unspecified atom stereocenters. The van der Waals surface area contributed by atoms with Gasteiger partial charge in [0.2, 0.25) is 0 Å². The molecule has 1 radical (unpaired) electrons. The quantitative estimate of drug-likeness (QED) is 0.331. The zero-order valence-electron chi connectivity index (χ0n) is 1.86. The molecule has 0 rings (SSSR count). The van der Waals surface area contributed by atoms with Crippen LogP contribution in [0.1, 0.15) is 0 Å². The number of hydrogen-bond donors (Lipinski definition) is 0. The van der Waals surface area contributed by atoms with Gasteiger partial charge in [0.1, 0.15) is 0 Å². The Morgan fingerprint density at radius 2 is 1.25 bits per heavy atom. The van der Waals surface area contributed by atoms with Crippen LogP contribution in [0.15, 0.2) is 0 Å². The van der Waals surface area contributed by atoms with Crippen LogP contribution >= 0.6 is 0 Å². The van der Waals surface area contributed by atoms with E-state index in [9.17, 15) is 0 Å². The van der Waals surface area contributed by atoms with Crippen LogP contribution in [0.3, 0.4) is 0 Å². The minimum Gasteiger partial charge on any atom is 0 e. The average molecular weight is 571 g/mol. The summed E-state index contributed by atoms with van der Waals surface area (Å²) < 4.78 is 8.33. The van der Waals surface area contributed by atoms with Crippen molar-refractivity contribution in [3.63, 3.8) is 0 Å². The second-order valence-corrected chi connectivity index (χ2v) is 0. The van der Waals surface area contributed by atoms with E-state index < -0.39 is 0 Å². The van der Waals surface area contributed by atoms with Gasteiger partial charge in [0, 0.05) is 38.6 Å². The van der Waals surface area contributed by atoms with E-state index in [0.717, 1.165) is 0 Å². The second-order valence-electron chi connectivity index (χ2n) is 0. The van der Waals surface area contributed by atoms with E-state index in [4.69, 9.17) is 3.40 Å². The van der Waals surface area contributed by atoms with E-state index >= 15 is 0 Å². The molecule has 0 fully saturated rings. The van der Waals surface area contributed by atoms with Crippen LogP contribution in [-0.2, 0) is 23.2 Å². The van der Waals surface area contributed by atoms with Gasteiger partial charge in [-0.3, -0.25) is 0 Å². The molecule has 0 heterocycles. The van der Waals surface area contributed by atoms with Gasteiger partial charge in [0.05, 0.1) is 0 Å². The molecule has 0 spiro atoms. The number of hydrogen-bond acceptors (Lipinski definition) is 1. The fraction of sp³-hybridized carbons (Fsp3) is 0. The molecule has 1 nitrogen and oxygen atoms in total. The summed E-state index contributed by atoms with van der Waals surface area (Å²) in [6.45, 7) is 0. The Morgan fingerprint density at radius 3 is 1.25 bits per heavy atom. The number of rotatable bonds is 0. The van der Waals surface area contributed by atoms with Crippen molar-refractivity contribution in [1.82, 2.24) is 0 Å². The van der Waals surface area contributed by atoms with Crippen molar-refractivity contribution in [2.24, 2.45) is 0 Å². The standard InChI is InChI=1S/Bi.O.Tb.W.3H. The molecule has 4 heteroatoms. The predicted octanol–water partition coefficient (Wildman–Crippen LogP) is -1.31. The summed E-state index contributed by atoms with van der Waals surface area (Å²) in [7, 11) is 0. The molecule has 0 bridgehead atoms. The molecule has 0 aliphatic carbocycles. The summed E-state index contributed by atoms with van der Waals surface area (Å²) in [5.74, 6) is 0. The van der Waals surface area contributed by atoms with Gasteiger partial charge < -0.3 is 0 Å². The van der Waals surface area contributed by atoms with E-state index in [1.54, 1.807) is 0 Å². The smallest absolute Gasteiger partial charge is 0 e. The SMILES string of the molecule is [BiH3].[O]=[W].[Tb]. The van der Waals surface area contributed by atoms with Gasteiger partial charge in [-0.2, -0.15) is 0 Å². The second kappa shape index (κ2) is 17.4. The van der Waals surface area contributed by atoms with Crippen LogP contribution in [0, 0.1) is 38.6 Å². The normalized spacial score (nSPS) is 1.00. The maximum absolute atomic E-state index is 8.33. The first-order valence-corrected chi connectivity index (χ1v) is 1.36. The third-order valence-corrected chi connectivity index (χ3v) is 0. The molecule has 0 aliphatic rings. The molecule has 0 aromatic carbocycles. The molecule has 0 aromatic heterocycles. The first-order chi connectivity index (χ1) is 1.00. The first kappa shape index (κ1) is 15.9. The Bertz CT molecular complexity index is 8.00. The van der Waals surface area contributed by atoms with Crippen LogP contribution in [-0.4, -0.2) is 26.2 Å². The summed E-state index contributed by atoms with van der Waals surface area (Å²) in [6.07, 6.45) is 0. The van der Waals surface area contributed by atoms with Crippen molar-refractivity contribution < 1.29 is 61.8 Å². The van der Waals surface area contributed by atoms with Crippen LogP contribution in [0.4, 0.5) is 0 Å². The Labute approximate surface area is 86.1 Å². The van der Waals surface area contributed by atoms with Gasteiger partial charge in [-0.15, -0.1) is 0 Å². The molecule has 0 aliphatic heterocycles. The Kier molecular flexibility index (Phi) is 69.2. The van der Waals surface area contributed by atoms with E-state index in [-0.39, 0.29) is 64.8 Å². The van der Waals surface area contributed by atoms with Crippen molar-refractivity contribution >= 4 is 26.2 Å². The molecule has 4 heavy (non-hydrogen) atoms. The van der Waals surface area contributed by atoms with Gasteiger partial charge in [0.15, 0.2) is 0 Å². The molecule has 0 aromatic rings. The zero-order valence-corrected chi connectivity index (χ0v) is 12.4. The fourth-order valence-electron chi connectivity index (χ4n) is 0. The third-order valence-electron chi connectivity index (χ3n) is 0. The molecule has 0 N–H and O–H groups in total. The molecule has 0 saturated heterocycles. The topological polar surface area (TPSA) is 17.1 Å². The van der Waals surface area contributed by atoms with Gasteiger partial charge in [-0.05, 0) is 0 Å².